The van der Waals surface area contributed by atoms with Gasteiger partial charge in [0.2, 0.25) is 5.88 Å². The van der Waals surface area contributed by atoms with Crippen molar-refractivity contribution in [1.82, 2.24) is 9.78 Å². The molecule has 8 nitrogen and oxygen atoms in total. The summed E-state index contributed by atoms with van der Waals surface area (Å²) in [6, 6.07) is 1.35. The van der Waals surface area contributed by atoms with Gasteiger partial charge in [0.05, 0.1) is 12.7 Å². The van der Waals surface area contributed by atoms with Crippen molar-refractivity contribution in [3.8, 4) is 5.88 Å². The second-order valence-corrected chi connectivity index (χ2v) is 8.96. The van der Waals surface area contributed by atoms with E-state index in [1.54, 1.807) is 4.68 Å². The standard InChI is InChI=1S/C18H21N5O3S/c19-27(25,16-10-20-23-7-8-26-17(16)23)22-18(24)21-15-9-11-3-1-4-12(11)13-5-2-6-14(13)15/h9-10H,1-8H2,(H3,19,21,22,24,25). The number of urea groups is 1. The molecule has 0 fully saturated rings. The lowest BCUT2D eigenvalue weighted by atomic mass is 9.98. The highest BCUT2D eigenvalue weighted by Gasteiger charge is 2.27. The Balaban J connectivity index is 1.47. The molecule has 0 saturated carbocycles. The number of hydrogen-bond donors (Lipinski definition) is 2. The van der Waals surface area contributed by atoms with Crippen molar-refractivity contribution in [2.45, 2.75) is 50.0 Å². The predicted octanol–water partition coefficient (Wildman–Crippen LogP) is 2.19. The second kappa shape index (κ2) is 6.07. The van der Waals surface area contributed by atoms with Gasteiger partial charge in [-0.2, -0.15) is 5.10 Å². The van der Waals surface area contributed by atoms with Crippen LogP contribution in [0.3, 0.4) is 0 Å². The quantitative estimate of drug-likeness (QED) is 0.822. The first-order valence-corrected chi connectivity index (χ1v) is 10.8. The Labute approximate surface area is 157 Å². The number of carbonyl (C=O) groups excluding carboxylic acids is 1. The molecule has 0 bridgehead atoms. The monoisotopic (exact) mass is 387 g/mol. The number of aromatic nitrogens is 2. The van der Waals surface area contributed by atoms with E-state index >= 15 is 0 Å². The molecule has 0 spiro atoms. The summed E-state index contributed by atoms with van der Waals surface area (Å²) in [7, 11) is -3.43. The van der Waals surface area contributed by atoms with E-state index in [-0.39, 0.29) is 4.90 Å². The van der Waals surface area contributed by atoms with Crippen molar-refractivity contribution >= 4 is 21.6 Å². The molecular weight excluding hydrogens is 366 g/mol. The number of aryl methyl sites for hydroxylation is 1. The van der Waals surface area contributed by atoms with Gasteiger partial charge >= 0.3 is 6.03 Å². The Morgan fingerprint density at radius 1 is 1.22 bits per heavy atom. The minimum Gasteiger partial charge on any atom is -0.475 e. The third-order valence-corrected chi connectivity index (χ3v) is 6.91. The summed E-state index contributed by atoms with van der Waals surface area (Å²) in [6.45, 7) is 1.01. The molecule has 1 aliphatic heterocycles. The fourth-order valence-corrected chi connectivity index (χ4v) is 5.42. The summed E-state index contributed by atoms with van der Waals surface area (Å²) in [6.07, 6.45) is 7.79. The summed E-state index contributed by atoms with van der Waals surface area (Å²) in [4.78, 5) is 12.7. The number of nitrogens with one attached hydrogen (secondary N) is 1. The fraction of sp³-hybridized carbons (Fsp3) is 0.444. The zero-order valence-corrected chi connectivity index (χ0v) is 15.7. The Morgan fingerprint density at radius 2 is 2.00 bits per heavy atom. The van der Waals surface area contributed by atoms with Crippen LogP contribution in [0.25, 0.3) is 0 Å². The van der Waals surface area contributed by atoms with E-state index in [2.05, 4.69) is 20.8 Å². The van der Waals surface area contributed by atoms with Gasteiger partial charge in [-0.15, -0.1) is 4.36 Å². The number of ether oxygens (including phenoxy) is 1. The molecule has 2 heterocycles. The zero-order valence-electron chi connectivity index (χ0n) is 14.9. The van der Waals surface area contributed by atoms with Crippen LogP contribution in [0, 0.1) is 0 Å². The molecule has 1 aromatic heterocycles. The van der Waals surface area contributed by atoms with E-state index in [4.69, 9.17) is 9.88 Å². The van der Waals surface area contributed by atoms with E-state index in [0.717, 1.165) is 44.2 Å². The number of rotatable bonds is 2. The molecule has 5 rings (SSSR count). The van der Waals surface area contributed by atoms with Crippen LogP contribution < -0.4 is 15.2 Å². The van der Waals surface area contributed by atoms with Crippen molar-refractivity contribution in [2.24, 2.45) is 9.50 Å². The topological polar surface area (TPSA) is 112 Å². The van der Waals surface area contributed by atoms with Gasteiger partial charge in [-0.05, 0) is 66.8 Å². The Morgan fingerprint density at radius 3 is 2.89 bits per heavy atom. The largest absolute Gasteiger partial charge is 0.475 e. The Bertz CT molecular complexity index is 1080. The van der Waals surface area contributed by atoms with Crippen LogP contribution >= 0.6 is 0 Å². The first-order chi connectivity index (χ1) is 13.0. The average molecular weight is 387 g/mol. The molecule has 2 aromatic rings. The van der Waals surface area contributed by atoms with E-state index in [9.17, 15) is 9.00 Å². The minimum absolute atomic E-state index is 0.161. The first kappa shape index (κ1) is 16.8. The highest BCUT2D eigenvalue weighted by atomic mass is 32.2. The smallest absolute Gasteiger partial charge is 0.354 e. The van der Waals surface area contributed by atoms with Crippen LogP contribution in [0.1, 0.15) is 35.1 Å². The number of benzene rings is 1. The van der Waals surface area contributed by atoms with Crippen molar-refractivity contribution in [2.75, 3.05) is 11.9 Å². The molecule has 27 heavy (non-hydrogen) atoms. The molecule has 1 unspecified atom stereocenters. The van der Waals surface area contributed by atoms with Gasteiger partial charge in [0.15, 0.2) is 9.92 Å². The molecular formula is C18H21N5O3S. The van der Waals surface area contributed by atoms with Crippen LogP contribution in [0.15, 0.2) is 21.5 Å². The average Bonchev–Trinajstić information content (AvgIpc) is 3.36. The normalized spacial score (nSPS) is 19.0. The molecule has 3 aliphatic rings. The first-order valence-electron chi connectivity index (χ1n) is 9.24. The summed E-state index contributed by atoms with van der Waals surface area (Å²) >= 11 is 0. The molecule has 0 saturated heterocycles. The van der Waals surface area contributed by atoms with Gasteiger partial charge in [0.25, 0.3) is 0 Å². The third-order valence-electron chi connectivity index (χ3n) is 5.56. The van der Waals surface area contributed by atoms with Gasteiger partial charge < -0.3 is 10.1 Å². The summed E-state index contributed by atoms with van der Waals surface area (Å²) in [5.41, 5.74) is 6.13. The van der Waals surface area contributed by atoms with Crippen LogP contribution in [0.2, 0.25) is 0 Å². The number of fused-ring (bicyclic) bond motifs is 4. The molecule has 2 amide bonds. The molecule has 2 aliphatic carbocycles. The lowest BCUT2D eigenvalue weighted by molar-refractivity contribution is 0.260. The number of nitrogens with two attached hydrogens (primary N) is 1. The predicted molar refractivity (Wildman–Crippen MR) is 100 cm³/mol. The van der Waals surface area contributed by atoms with Crippen molar-refractivity contribution < 1.29 is 13.7 Å². The SMILES string of the molecule is NS(=O)(=NC(=O)Nc1cc2c(c3c1CCC3)CCC2)c1cnn2c1OCC2. The van der Waals surface area contributed by atoms with Crippen molar-refractivity contribution in [3.63, 3.8) is 0 Å². The maximum absolute atomic E-state index is 12.8. The van der Waals surface area contributed by atoms with Gasteiger partial charge in [-0.3, -0.25) is 0 Å². The Kier molecular flexibility index (Phi) is 3.76. The lowest BCUT2D eigenvalue weighted by Crippen LogP contribution is -2.18. The highest BCUT2D eigenvalue weighted by Crippen LogP contribution is 2.38. The van der Waals surface area contributed by atoms with E-state index in [1.807, 2.05) is 0 Å². The molecule has 1 atom stereocenters. The number of nitrogens with zero attached hydrogens (tertiary/aromatic N) is 3. The third kappa shape index (κ3) is 2.72. The Hall–Kier alpha value is -2.39. The van der Waals surface area contributed by atoms with Gasteiger partial charge in [0.1, 0.15) is 11.5 Å². The van der Waals surface area contributed by atoms with Crippen molar-refractivity contribution in [3.05, 3.63) is 34.5 Å². The highest BCUT2D eigenvalue weighted by molar-refractivity contribution is 7.91. The molecule has 0 radical (unpaired) electrons. The van der Waals surface area contributed by atoms with Gasteiger partial charge in [-0.1, -0.05) is 0 Å². The van der Waals surface area contributed by atoms with Crippen LogP contribution in [0.5, 0.6) is 5.88 Å². The lowest BCUT2D eigenvalue weighted by Gasteiger charge is -2.14. The van der Waals surface area contributed by atoms with Crippen molar-refractivity contribution in [1.29, 1.82) is 0 Å². The number of anilines is 1. The maximum Gasteiger partial charge on any atom is 0.354 e. The van der Waals surface area contributed by atoms with Gasteiger partial charge in [-0.25, -0.2) is 18.8 Å². The number of carbonyl (C=O) groups is 1. The number of hydrogen-bond acceptors (Lipinski definition) is 4. The van der Waals surface area contributed by atoms with Crippen LogP contribution in [-0.4, -0.2) is 26.6 Å². The maximum atomic E-state index is 12.8. The number of amides is 2. The van der Waals surface area contributed by atoms with E-state index in [0.29, 0.717) is 19.0 Å². The van der Waals surface area contributed by atoms with Gasteiger partial charge in [0, 0.05) is 5.69 Å². The summed E-state index contributed by atoms with van der Waals surface area (Å²) < 4.78 is 23.6. The van der Waals surface area contributed by atoms with E-state index < -0.39 is 15.9 Å². The van der Waals surface area contributed by atoms with Crippen LogP contribution in [-0.2, 0) is 42.1 Å². The fourth-order valence-electron chi connectivity index (χ4n) is 4.42. The molecule has 142 valence electrons. The minimum atomic E-state index is -3.43. The zero-order chi connectivity index (χ0) is 18.6. The summed E-state index contributed by atoms with van der Waals surface area (Å²) in [5.74, 6) is 0.331. The van der Waals surface area contributed by atoms with E-state index in [1.165, 1.54) is 28.5 Å². The summed E-state index contributed by atoms with van der Waals surface area (Å²) in [5, 5.41) is 12.8. The molecule has 3 N–H and O–H groups in total. The second-order valence-electron chi connectivity index (χ2n) is 7.20. The molecule has 1 aromatic carbocycles. The van der Waals surface area contributed by atoms with Crippen LogP contribution in [0.4, 0.5) is 10.5 Å². The molecule has 9 heteroatoms.